The fourth-order valence-corrected chi connectivity index (χ4v) is 2.74. The van der Waals surface area contributed by atoms with Gasteiger partial charge in [-0.05, 0) is 48.5 Å². The lowest BCUT2D eigenvalue weighted by Gasteiger charge is -2.20. The van der Waals surface area contributed by atoms with E-state index in [0.29, 0.717) is 5.56 Å². The van der Waals surface area contributed by atoms with Gasteiger partial charge < -0.3 is 0 Å². The van der Waals surface area contributed by atoms with Crippen LogP contribution in [0, 0.1) is 0 Å². The third-order valence-electron chi connectivity index (χ3n) is 4.28. The molecule has 0 spiro atoms. The van der Waals surface area contributed by atoms with Crippen LogP contribution in [-0.4, -0.2) is 22.3 Å². The van der Waals surface area contributed by atoms with Gasteiger partial charge >= 0.3 is 0 Å². The first kappa shape index (κ1) is 18.6. The summed E-state index contributed by atoms with van der Waals surface area (Å²) in [7, 11) is 0. The number of hydrogen-bond acceptors (Lipinski definition) is 4. The quantitative estimate of drug-likeness (QED) is 0.599. The normalized spacial score (nSPS) is 10.6. The molecule has 1 heterocycles. The summed E-state index contributed by atoms with van der Waals surface area (Å²) in [6, 6.07) is 23.2. The van der Waals surface area contributed by atoms with Gasteiger partial charge in [0.05, 0.1) is 11.4 Å². The average molecular weight is 360 g/mol. The Morgan fingerprint density at radius 3 is 2.33 bits per heavy atom. The number of benzene rings is 2. The third kappa shape index (κ3) is 5.66. The van der Waals surface area contributed by atoms with E-state index in [1.807, 2.05) is 79.0 Å². The molecule has 0 unspecified atom stereocenters. The number of nitrogens with one attached hydrogen (secondary N) is 2. The Hall–Kier alpha value is -3.18. The number of rotatable bonds is 8. The molecule has 0 aliphatic carbocycles. The number of hydrazine groups is 1. The van der Waals surface area contributed by atoms with Crippen molar-refractivity contribution >= 4 is 11.6 Å². The molecule has 0 radical (unpaired) electrons. The van der Waals surface area contributed by atoms with E-state index in [1.54, 1.807) is 0 Å². The minimum atomic E-state index is -0.161. The molecule has 3 rings (SSSR count). The molecule has 2 aromatic carbocycles. The van der Waals surface area contributed by atoms with Crippen LogP contribution < -0.4 is 10.9 Å². The first-order chi connectivity index (χ1) is 13.2. The van der Waals surface area contributed by atoms with Crippen molar-refractivity contribution in [2.45, 2.75) is 20.0 Å². The van der Waals surface area contributed by atoms with Gasteiger partial charge in [-0.15, -0.1) is 0 Å². The maximum atomic E-state index is 12.3. The predicted molar refractivity (Wildman–Crippen MR) is 108 cm³/mol. The molecule has 5 nitrogen and oxygen atoms in total. The standard InChI is InChI=1S/C22H24N4O/c1-2-26(17-21-10-6-7-15-23-21)16-18-11-13-19(14-12-18)22(27)25-24-20-8-4-3-5-9-20/h3-15,24H,2,16-17H2,1H3,(H,25,27). The first-order valence-corrected chi connectivity index (χ1v) is 9.07. The summed E-state index contributed by atoms with van der Waals surface area (Å²) in [5, 5.41) is 0. The Bertz CT molecular complexity index is 835. The number of aromatic nitrogens is 1. The van der Waals surface area contributed by atoms with Crippen LogP contribution in [0.1, 0.15) is 28.5 Å². The number of anilines is 1. The van der Waals surface area contributed by atoms with Gasteiger partial charge in [0.15, 0.2) is 0 Å². The highest BCUT2D eigenvalue weighted by molar-refractivity contribution is 5.94. The van der Waals surface area contributed by atoms with Crippen molar-refractivity contribution in [1.82, 2.24) is 15.3 Å². The van der Waals surface area contributed by atoms with Crippen LogP contribution in [-0.2, 0) is 13.1 Å². The van der Waals surface area contributed by atoms with E-state index >= 15 is 0 Å². The second-order valence-corrected chi connectivity index (χ2v) is 6.27. The van der Waals surface area contributed by atoms with Gasteiger partial charge in [-0.25, -0.2) is 0 Å². The Labute approximate surface area is 160 Å². The first-order valence-electron chi connectivity index (χ1n) is 9.07. The van der Waals surface area contributed by atoms with E-state index in [2.05, 4.69) is 27.7 Å². The third-order valence-corrected chi connectivity index (χ3v) is 4.28. The van der Waals surface area contributed by atoms with Gasteiger partial charge in [0.1, 0.15) is 0 Å². The molecule has 3 aromatic rings. The molecular weight excluding hydrogens is 336 g/mol. The molecule has 5 heteroatoms. The lowest BCUT2D eigenvalue weighted by Crippen LogP contribution is -2.29. The average Bonchev–Trinajstić information content (AvgIpc) is 2.73. The van der Waals surface area contributed by atoms with Gasteiger partial charge in [0.2, 0.25) is 0 Å². The monoisotopic (exact) mass is 360 g/mol. The van der Waals surface area contributed by atoms with Crippen LogP contribution >= 0.6 is 0 Å². The zero-order valence-electron chi connectivity index (χ0n) is 15.4. The second kappa shape index (κ2) is 9.50. The molecular formula is C22H24N4O. The Kier molecular flexibility index (Phi) is 6.55. The Morgan fingerprint density at radius 2 is 1.67 bits per heavy atom. The van der Waals surface area contributed by atoms with Crippen molar-refractivity contribution < 1.29 is 4.79 Å². The number of amides is 1. The van der Waals surface area contributed by atoms with Crippen molar-refractivity contribution in [2.75, 3.05) is 12.0 Å². The van der Waals surface area contributed by atoms with Crippen LogP contribution in [0.3, 0.4) is 0 Å². The van der Waals surface area contributed by atoms with Crippen molar-refractivity contribution in [1.29, 1.82) is 0 Å². The van der Waals surface area contributed by atoms with Gasteiger partial charge in [0.25, 0.3) is 5.91 Å². The van der Waals surface area contributed by atoms with Gasteiger partial charge in [-0.3, -0.25) is 25.5 Å². The van der Waals surface area contributed by atoms with Crippen molar-refractivity contribution in [2.24, 2.45) is 0 Å². The molecule has 27 heavy (non-hydrogen) atoms. The molecule has 0 bridgehead atoms. The lowest BCUT2D eigenvalue weighted by atomic mass is 10.1. The smallest absolute Gasteiger partial charge is 0.269 e. The maximum absolute atomic E-state index is 12.3. The summed E-state index contributed by atoms with van der Waals surface area (Å²) in [5.41, 5.74) is 9.31. The molecule has 0 fully saturated rings. The van der Waals surface area contributed by atoms with Crippen LogP contribution in [0.2, 0.25) is 0 Å². The molecule has 1 aromatic heterocycles. The highest BCUT2D eigenvalue weighted by Gasteiger charge is 2.08. The molecule has 0 saturated heterocycles. The van der Waals surface area contributed by atoms with E-state index in [9.17, 15) is 4.79 Å². The molecule has 1 amide bonds. The largest absolute Gasteiger partial charge is 0.298 e. The molecule has 138 valence electrons. The SMILES string of the molecule is CCN(Cc1ccc(C(=O)NNc2ccccc2)cc1)Cc1ccccn1. The minimum Gasteiger partial charge on any atom is -0.298 e. The van der Waals surface area contributed by atoms with Crippen molar-refractivity contribution in [3.05, 3.63) is 95.8 Å². The summed E-state index contributed by atoms with van der Waals surface area (Å²) >= 11 is 0. The van der Waals surface area contributed by atoms with E-state index in [0.717, 1.165) is 31.0 Å². The fraction of sp³-hybridized carbons (Fsp3) is 0.182. The van der Waals surface area contributed by atoms with Crippen LogP contribution in [0.4, 0.5) is 5.69 Å². The highest BCUT2D eigenvalue weighted by atomic mass is 16.2. The van der Waals surface area contributed by atoms with E-state index in [-0.39, 0.29) is 5.91 Å². The summed E-state index contributed by atoms with van der Waals surface area (Å²) < 4.78 is 0. The van der Waals surface area contributed by atoms with Crippen molar-refractivity contribution in [3.8, 4) is 0 Å². The number of pyridine rings is 1. The fourth-order valence-electron chi connectivity index (χ4n) is 2.74. The van der Waals surface area contributed by atoms with Gasteiger partial charge in [0, 0.05) is 24.8 Å². The molecule has 0 aliphatic rings. The number of nitrogens with zero attached hydrogens (tertiary/aromatic N) is 2. The molecule has 2 N–H and O–H groups in total. The summed E-state index contributed by atoms with van der Waals surface area (Å²) in [4.78, 5) is 19.0. The summed E-state index contributed by atoms with van der Waals surface area (Å²) in [5.74, 6) is -0.161. The van der Waals surface area contributed by atoms with E-state index in [4.69, 9.17) is 0 Å². The maximum Gasteiger partial charge on any atom is 0.269 e. The zero-order chi connectivity index (χ0) is 18.9. The second-order valence-electron chi connectivity index (χ2n) is 6.27. The van der Waals surface area contributed by atoms with Crippen LogP contribution in [0.25, 0.3) is 0 Å². The predicted octanol–water partition coefficient (Wildman–Crippen LogP) is 3.86. The summed E-state index contributed by atoms with van der Waals surface area (Å²) in [6.07, 6.45) is 1.82. The van der Waals surface area contributed by atoms with E-state index < -0.39 is 0 Å². The van der Waals surface area contributed by atoms with Gasteiger partial charge in [-0.1, -0.05) is 43.3 Å². The lowest BCUT2D eigenvalue weighted by molar-refractivity contribution is 0.0962. The number of carbonyl (C=O) groups is 1. The highest BCUT2D eigenvalue weighted by Crippen LogP contribution is 2.11. The van der Waals surface area contributed by atoms with Crippen LogP contribution in [0.5, 0.6) is 0 Å². The Balaban J connectivity index is 1.55. The molecule has 0 saturated carbocycles. The van der Waals surface area contributed by atoms with Crippen molar-refractivity contribution in [3.63, 3.8) is 0 Å². The Morgan fingerprint density at radius 1 is 0.926 bits per heavy atom. The van der Waals surface area contributed by atoms with E-state index in [1.165, 1.54) is 5.56 Å². The molecule has 0 aliphatic heterocycles. The molecule has 0 atom stereocenters. The number of para-hydroxylation sites is 1. The van der Waals surface area contributed by atoms with Crippen LogP contribution in [0.15, 0.2) is 79.0 Å². The summed E-state index contributed by atoms with van der Waals surface area (Å²) in [6.45, 7) is 4.69. The topological polar surface area (TPSA) is 57.3 Å². The number of carbonyl (C=O) groups excluding carboxylic acids is 1. The zero-order valence-corrected chi connectivity index (χ0v) is 15.4. The minimum absolute atomic E-state index is 0.161. The van der Waals surface area contributed by atoms with Gasteiger partial charge in [-0.2, -0.15) is 0 Å². The number of hydrogen-bond donors (Lipinski definition) is 2.